The van der Waals surface area contributed by atoms with Gasteiger partial charge in [0.1, 0.15) is 0 Å². The van der Waals surface area contributed by atoms with Crippen molar-refractivity contribution >= 4 is 11.9 Å². The van der Waals surface area contributed by atoms with Crippen LogP contribution in [0.4, 0.5) is 0 Å². The average molecular weight is 409 g/mol. The Morgan fingerprint density at radius 1 is 1.20 bits per heavy atom. The molecule has 0 saturated carbocycles. The van der Waals surface area contributed by atoms with Crippen LogP contribution in [0.5, 0.6) is 0 Å². The van der Waals surface area contributed by atoms with E-state index in [1.165, 1.54) is 13.0 Å². The van der Waals surface area contributed by atoms with E-state index >= 15 is 0 Å². The van der Waals surface area contributed by atoms with E-state index in [2.05, 4.69) is 42.9 Å². The van der Waals surface area contributed by atoms with Crippen LogP contribution in [0, 0.1) is 11.8 Å². The van der Waals surface area contributed by atoms with Crippen LogP contribution in [0.15, 0.2) is 36.5 Å². The zero-order chi connectivity index (χ0) is 21.8. The summed E-state index contributed by atoms with van der Waals surface area (Å²) in [5.41, 5.74) is 4.18. The van der Waals surface area contributed by atoms with Gasteiger partial charge >= 0.3 is 5.97 Å². The smallest absolute Gasteiger partial charge is 0.337 e. The van der Waals surface area contributed by atoms with E-state index in [9.17, 15) is 9.59 Å². The van der Waals surface area contributed by atoms with Gasteiger partial charge in [0.2, 0.25) is 0 Å². The van der Waals surface area contributed by atoms with Gasteiger partial charge in [-0.05, 0) is 41.2 Å². The second kappa shape index (κ2) is 9.39. The topological polar surface area (TPSA) is 71.5 Å². The Bertz CT molecular complexity index is 906. The number of nitrogens with zero attached hydrogens (tertiary/aromatic N) is 2. The summed E-state index contributed by atoms with van der Waals surface area (Å²) in [4.78, 5) is 31.3. The molecule has 0 spiro atoms. The molecule has 1 aromatic carbocycles. The number of methoxy groups -OCH3 is 1. The lowest BCUT2D eigenvalue weighted by atomic mass is 9.99. The normalized spacial score (nSPS) is 16.0. The molecule has 2 heterocycles. The third-order valence-corrected chi connectivity index (χ3v) is 5.29. The number of benzene rings is 1. The number of fused-ring (bicyclic) bond motifs is 1. The Kier molecular flexibility index (Phi) is 6.87. The summed E-state index contributed by atoms with van der Waals surface area (Å²) in [5, 5.41) is 2.93. The third-order valence-electron chi connectivity index (χ3n) is 5.29. The summed E-state index contributed by atoms with van der Waals surface area (Å²) >= 11 is 0. The molecule has 2 aromatic rings. The Balaban J connectivity index is 1.68. The van der Waals surface area contributed by atoms with Gasteiger partial charge in [-0.2, -0.15) is 0 Å². The predicted molar refractivity (Wildman–Crippen MR) is 116 cm³/mol. The van der Waals surface area contributed by atoms with Crippen molar-refractivity contribution in [2.45, 2.75) is 46.8 Å². The number of rotatable bonds is 7. The number of carbonyl (C=O) groups is 2. The molecule has 1 aliphatic rings. The van der Waals surface area contributed by atoms with E-state index in [1.807, 2.05) is 18.2 Å². The molecule has 159 valence electrons. The second-order valence-electron chi connectivity index (χ2n) is 8.44. The summed E-state index contributed by atoms with van der Waals surface area (Å²) in [5.74, 6) is 1.29. The highest BCUT2D eigenvalue weighted by molar-refractivity contribution is 5.94. The van der Waals surface area contributed by atoms with Crippen molar-refractivity contribution < 1.29 is 14.3 Å². The molecule has 0 bridgehead atoms. The molecule has 1 amide bonds. The van der Waals surface area contributed by atoms with Gasteiger partial charge in [0.05, 0.1) is 30.0 Å². The van der Waals surface area contributed by atoms with Crippen LogP contribution in [-0.2, 0) is 17.8 Å². The van der Waals surface area contributed by atoms with E-state index in [0.717, 1.165) is 29.9 Å². The number of aromatic nitrogens is 1. The highest BCUT2D eigenvalue weighted by atomic mass is 16.5. The Labute approximate surface area is 178 Å². The Morgan fingerprint density at radius 2 is 1.90 bits per heavy atom. The molecule has 1 N–H and O–H groups in total. The Morgan fingerprint density at radius 3 is 2.50 bits per heavy atom. The van der Waals surface area contributed by atoms with Crippen LogP contribution >= 0.6 is 0 Å². The van der Waals surface area contributed by atoms with E-state index in [4.69, 9.17) is 4.74 Å². The first-order chi connectivity index (χ1) is 14.3. The van der Waals surface area contributed by atoms with Gasteiger partial charge in [-0.25, -0.2) is 4.79 Å². The van der Waals surface area contributed by atoms with Gasteiger partial charge in [0.15, 0.2) is 0 Å². The SMILES string of the molecule is COC(=O)c1ccc(CNC(=O)c2cnc3c(c2)CN(C[C](C)C)[C@H]3C(C)C)cc1. The minimum Gasteiger partial charge on any atom is -0.465 e. The van der Waals surface area contributed by atoms with Crippen molar-refractivity contribution in [1.82, 2.24) is 15.2 Å². The van der Waals surface area contributed by atoms with Crippen molar-refractivity contribution in [2.24, 2.45) is 5.92 Å². The molecule has 1 atom stereocenters. The summed E-state index contributed by atoms with van der Waals surface area (Å²) in [7, 11) is 1.35. The van der Waals surface area contributed by atoms with E-state index in [0.29, 0.717) is 23.6 Å². The molecule has 6 heteroatoms. The number of esters is 1. The fraction of sp³-hybridized carbons (Fsp3) is 0.417. The molecule has 0 unspecified atom stereocenters. The van der Waals surface area contributed by atoms with Crippen molar-refractivity contribution in [1.29, 1.82) is 0 Å². The standard InChI is InChI=1S/C24H30N3O3/c1-15(2)13-27-14-20-10-19(12-25-21(20)22(27)16(3)4)23(28)26-11-17-6-8-18(9-7-17)24(29)30-5/h6-10,12,16,22H,11,13-14H2,1-5H3,(H,26,28)/t22-/m0/s1. The van der Waals surface area contributed by atoms with Crippen molar-refractivity contribution in [2.75, 3.05) is 13.7 Å². The summed E-state index contributed by atoms with van der Waals surface area (Å²) in [6, 6.07) is 9.25. The minimum atomic E-state index is -0.376. The molecule has 0 aliphatic carbocycles. The molecule has 0 saturated heterocycles. The molecule has 6 nitrogen and oxygen atoms in total. The molecular weight excluding hydrogens is 378 g/mol. The van der Waals surface area contributed by atoms with Gasteiger partial charge in [-0.1, -0.05) is 39.8 Å². The first-order valence-electron chi connectivity index (χ1n) is 10.3. The number of ether oxygens (including phenoxy) is 1. The van der Waals surface area contributed by atoms with Gasteiger partial charge in [0.25, 0.3) is 5.91 Å². The molecule has 3 rings (SSSR count). The third kappa shape index (κ3) is 4.87. The average Bonchev–Trinajstić information content (AvgIpc) is 3.08. The maximum atomic E-state index is 12.7. The number of carbonyl (C=O) groups excluding carboxylic acids is 2. The number of hydrogen-bond acceptors (Lipinski definition) is 5. The van der Waals surface area contributed by atoms with Gasteiger partial charge in [-0.15, -0.1) is 0 Å². The maximum absolute atomic E-state index is 12.7. The highest BCUT2D eigenvalue weighted by Gasteiger charge is 2.34. The number of amides is 1. The lowest BCUT2D eigenvalue weighted by molar-refractivity contribution is 0.0600. The van der Waals surface area contributed by atoms with Gasteiger partial charge in [0, 0.05) is 25.8 Å². The molecule has 1 aliphatic heterocycles. The van der Waals surface area contributed by atoms with Crippen molar-refractivity contribution in [3.8, 4) is 0 Å². The molecule has 1 radical (unpaired) electrons. The zero-order valence-electron chi connectivity index (χ0n) is 18.4. The maximum Gasteiger partial charge on any atom is 0.337 e. The van der Waals surface area contributed by atoms with Crippen LogP contribution in [0.2, 0.25) is 0 Å². The number of hydrogen-bond donors (Lipinski definition) is 1. The van der Waals surface area contributed by atoms with Crippen LogP contribution < -0.4 is 5.32 Å². The molecule has 30 heavy (non-hydrogen) atoms. The van der Waals surface area contributed by atoms with Crippen LogP contribution in [0.3, 0.4) is 0 Å². The van der Waals surface area contributed by atoms with Gasteiger partial charge in [-0.3, -0.25) is 14.7 Å². The van der Waals surface area contributed by atoms with Crippen molar-refractivity contribution in [3.63, 3.8) is 0 Å². The van der Waals surface area contributed by atoms with Crippen LogP contribution in [0.1, 0.15) is 71.3 Å². The minimum absolute atomic E-state index is 0.153. The highest BCUT2D eigenvalue weighted by Crippen LogP contribution is 2.38. The lowest BCUT2D eigenvalue weighted by Crippen LogP contribution is -2.29. The van der Waals surface area contributed by atoms with E-state index in [-0.39, 0.29) is 17.9 Å². The summed E-state index contributed by atoms with van der Waals surface area (Å²) in [6.07, 6.45) is 1.68. The first kappa shape index (κ1) is 22.0. The second-order valence-corrected chi connectivity index (χ2v) is 8.44. The predicted octanol–water partition coefficient (Wildman–Crippen LogP) is 3.93. The largest absolute Gasteiger partial charge is 0.465 e. The van der Waals surface area contributed by atoms with E-state index in [1.54, 1.807) is 18.3 Å². The summed E-state index contributed by atoms with van der Waals surface area (Å²) < 4.78 is 4.70. The monoisotopic (exact) mass is 408 g/mol. The zero-order valence-corrected chi connectivity index (χ0v) is 18.4. The number of pyridine rings is 1. The van der Waals surface area contributed by atoms with Crippen molar-refractivity contribution in [3.05, 3.63) is 70.4 Å². The van der Waals surface area contributed by atoms with Crippen LogP contribution in [0.25, 0.3) is 0 Å². The number of nitrogens with one attached hydrogen (secondary N) is 1. The quantitative estimate of drug-likeness (QED) is 0.703. The lowest BCUT2D eigenvalue weighted by Gasteiger charge is -2.28. The Hall–Kier alpha value is -2.73. The van der Waals surface area contributed by atoms with E-state index < -0.39 is 0 Å². The fourth-order valence-corrected chi connectivity index (χ4v) is 3.99. The molecular formula is C24H30N3O3. The molecule has 0 fully saturated rings. The van der Waals surface area contributed by atoms with Crippen LogP contribution in [-0.4, -0.2) is 35.4 Å². The fourth-order valence-electron chi connectivity index (χ4n) is 3.99. The van der Waals surface area contributed by atoms with Gasteiger partial charge < -0.3 is 10.1 Å². The summed E-state index contributed by atoms with van der Waals surface area (Å²) in [6.45, 7) is 10.8. The first-order valence-corrected chi connectivity index (χ1v) is 10.3. The molecule has 1 aromatic heterocycles.